The molecule has 2 aromatic carbocycles. The van der Waals surface area contributed by atoms with E-state index in [2.05, 4.69) is 24.0 Å². The Morgan fingerprint density at radius 2 is 1.52 bits per heavy atom. The minimum atomic E-state index is -3.50. The van der Waals surface area contributed by atoms with E-state index in [0.717, 1.165) is 5.56 Å². The van der Waals surface area contributed by atoms with Gasteiger partial charge in [-0.15, -0.1) is 0 Å². The smallest absolute Gasteiger partial charge is 0.243 e. The zero-order valence-corrected chi connectivity index (χ0v) is 16.4. The van der Waals surface area contributed by atoms with Crippen molar-refractivity contribution >= 4 is 27.3 Å². The molecule has 1 fully saturated rings. The molecule has 25 heavy (non-hydrogen) atoms. The highest BCUT2D eigenvalue weighted by Crippen LogP contribution is 2.28. The summed E-state index contributed by atoms with van der Waals surface area (Å²) in [6, 6.07) is 11.6. The molecular formula is C19H23ClN2O2S. The maximum absolute atomic E-state index is 13.0. The van der Waals surface area contributed by atoms with Gasteiger partial charge in [0.25, 0.3) is 0 Å². The minimum absolute atomic E-state index is 0.360. The summed E-state index contributed by atoms with van der Waals surface area (Å²) < 4.78 is 27.7. The molecule has 6 heteroatoms. The molecule has 1 saturated heterocycles. The fourth-order valence-electron chi connectivity index (χ4n) is 3.26. The Labute approximate surface area is 155 Å². The number of aryl methyl sites for hydroxylation is 3. The first-order valence-corrected chi connectivity index (χ1v) is 10.2. The van der Waals surface area contributed by atoms with E-state index in [1.54, 1.807) is 23.4 Å². The number of para-hydroxylation sites is 1. The molecule has 1 heterocycles. The molecular weight excluding hydrogens is 356 g/mol. The summed E-state index contributed by atoms with van der Waals surface area (Å²) in [5.41, 5.74) is 3.86. The van der Waals surface area contributed by atoms with E-state index in [1.807, 2.05) is 19.1 Å². The van der Waals surface area contributed by atoms with Crippen molar-refractivity contribution < 1.29 is 8.42 Å². The molecule has 1 aliphatic rings. The average Bonchev–Trinajstić information content (AvgIpc) is 2.58. The molecule has 0 spiro atoms. The van der Waals surface area contributed by atoms with Gasteiger partial charge in [-0.2, -0.15) is 4.31 Å². The summed E-state index contributed by atoms with van der Waals surface area (Å²) in [4.78, 5) is 2.61. The van der Waals surface area contributed by atoms with Crippen molar-refractivity contribution in [2.24, 2.45) is 0 Å². The molecule has 0 aromatic heterocycles. The van der Waals surface area contributed by atoms with Crippen molar-refractivity contribution in [2.75, 3.05) is 31.1 Å². The highest BCUT2D eigenvalue weighted by atomic mass is 35.5. The highest BCUT2D eigenvalue weighted by molar-refractivity contribution is 7.89. The number of rotatable bonds is 3. The number of sulfonamides is 1. The zero-order valence-electron chi connectivity index (χ0n) is 14.8. The standard InChI is InChI=1S/C19H23ClN2O2S/c1-14-6-4-5-7-18(14)21-8-10-22(11-9-21)25(23,24)19-13-15(2)17(20)12-16(19)3/h4-7,12-13H,8-11H2,1-3H3. The highest BCUT2D eigenvalue weighted by Gasteiger charge is 2.30. The number of halogens is 1. The van der Waals surface area contributed by atoms with Crippen molar-refractivity contribution in [3.8, 4) is 0 Å². The van der Waals surface area contributed by atoms with E-state index in [-0.39, 0.29) is 0 Å². The van der Waals surface area contributed by atoms with Crippen LogP contribution in [0.1, 0.15) is 16.7 Å². The maximum Gasteiger partial charge on any atom is 0.243 e. The van der Waals surface area contributed by atoms with Gasteiger partial charge in [-0.1, -0.05) is 29.8 Å². The molecule has 4 nitrogen and oxygen atoms in total. The Bertz CT molecular complexity index is 888. The second kappa shape index (κ2) is 6.98. The summed E-state index contributed by atoms with van der Waals surface area (Å²) in [7, 11) is -3.50. The molecule has 3 rings (SSSR count). The Balaban J connectivity index is 1.81. The van der Waals surface area contributed by atoms with E-state index in [4.69, 9.17) is 11.6 Å². The first kappa shape index (κ1) is 18.2. The topological polar surface area (TPSA) is 40.6 Å². The van der Waals surface area contributed by atoms with Gasteiger partial charge in [-0.3, -0.25) is 0 Å². The van der Waals surface area contributed by atoms with Gasteiger partial charge in [0.2, 0.25) is 10.0 Å². The van der Waals surface area contributed by atoms with Crippen molar-refractivity contribution in [3.05, 3.63) is 58.1 Å². The van der Waals surface area contributed by atoms with Crippen LogP contribution in [0.4, 0.5) is 5.69 Å². The third-order valence-electron chi connectivity index (χ3n) is 4.77. The van der Waals surface area contributed by atoms with Crippen LogP contribution in [0.2, 0.25) is 5.02 Å². The third kappa shape index (κ3) is 3.54. The van der Waals surface area contributed by atoms with Crippen molar-refractivity contribution in [2.45, 2.75) is 25.7 Å². The van der Waals surface area contributed by atoms with E-state index in [1.165, 1.54) is 11.3 Å². The molecule has 0 radical (unpaired) electrons. The monoisotopic (exact) mass is 378 g/mol. The van der Waals surface area contributed by atoms with Gasteiger partial charge in [-0.25, -0.2) is 8.42 Å². The molecule has 0 bridgehead atoms. The lowest BCUT2D eigenvalue weighted by Crippen LogP contribution is -2.49. The Morgan fingerprint density at radius 3 is 2.16 bits per heavy atom. The van der Waals surface area contributed by atoms with Gasteiger partial charge in [0.05, 0.1) is 4.90 Å². The van der Waals surface area contributed by atoms with Crippen molar-refractivity contribution in [3.63, 3.8) is 0 Å². The van der Waals surface area contributed by atoms with Gasteiger partial charge in [0.1, 0.15) is 0 Å². The zero-order chi connectivity index (χ0) is 18.2. The normalized spacial score (nSPS) is 16.2. The predicted octanol–water partition coefficient (Wildman–Crippen LogP) is 3.78. The quantitative estimate of drug-likeness (QED) is 0.816. The van der Waals surface area contributed by atoms with E-state index >= 15 is 0 Å². The molecule has 0 aliphatic carbocycles. The van der Waals surface area contributed by atoms with Crippen molar-refractivity contribution in [1.82, 2.24) is 4.31 Å². The number of nitrogens with zero attached hydrogens (tertiary/aromatic N) is 2. The molecule has 0 amide bonds. The number of hydrogen-bond acceptors (Lipinski definition) is 3. The molecule has 0 unspecified atom stereocenters. The number of benzene rings is 2. The lowest BCUT2D eigenvalue weighted by molar-refractivity contribution is 0.384. The molecule has 134 valence electrons. The van der Waals surface area contributed by atoms with Crippen LogP contribution >= 0.6 is 11.6 Å². The molecule has 1 aliphatic heterocycles. The second-order valence-electron chi connectivity index (χ2n) is 6.54. The number of anilines is 1. The Hall–Kier alpha value is -1.56. The van der Waals surface area contributed by atoms with Crippen molar-refractivity contribution in [1.29, 1.82) is 0 Å². The van der Waals surface area contributed by atoms with Crippen LogP contribution in [0.3, 0.4) is 0 Å². The average molecular weight is 379 g/mol. The van der Waals surface area contributed by atoms with Gasteiger partial charge in [-0.05, 0) is 55.7 Å². The van der Waals surface area contributed by atoms with Crippen LogP contribution in [0, 0.1) is 20.8 Å². The first-order chi connectivity index (χ1) is 11.8. The van der Waals surface area contributed by atoms with Crippen LogP contribution in [-0.4, -0.2) is 38.9 Å². The van der Waals surface area contributed by atoms with Gasteiger partial charge in [0.15, 0.2) is 0 Å². The van der Waals surface area contributed by atoms with Crippen LogP contribution in [-0.2, 0) is 10.0 Å². The van der Waals surface area contributed by atoms with E-state index in [9.17, 15) is 8.42 Å². The number of hydrogen-bond donors (Lipinski definition) is 0. The second-order valence-corrected chi connectivity index (χ2v) is 8.86. The maximum atomic E-state index is 13.0. The number of piperazine rings is 1. The van der Waals surface area contributed by atoms with Gasteiger partial charge >= 0.3 is 0 Å². The fourth-order valence-corrected chi connectivity index (χ4v) is 5.19. The minimum Gasteiger partial charge on any atom is -0.369 e. The van der Waals surface area contributed by atoms with Crippen LogP contribution < -0.4 is 4.90 Å². The predicted molar refractivity (Wildman–Crippen MR) is 103 cm³/mol. The lowest BCUT2D eigenvalue weighted by Gasteiger charge is -2.36. The SMILES string of the molecule is Cc1cc(S(=O)(=O)N2CCN(c3ccccc3C)CC2)c(C)cc1Cl. The molecule has 0 saturated carbocycles. The summed E-state index contributed by atoms with van der Waals surface area (Å²) in [6.07, 6.45) is 0. The summed E-state index contributed by atoms with van der Waals surface area (Å²) in [5.74, 6) is 0. The van der Waals surface area contributed by atoms with Crippen LogP contribution in [0.5, 0.6) is 0 Å². The Kier molecular flexibility index (Phi) is 5.09. The van der Waals surface area contributed by atoms with E-state index in [0.29, 0.717) is 41.7 Å². The molecule has 0 N–H and O–H groups in total. The molecule has 0 atom stereocenters. The Morgan fingerprint density at radius 1 is 0.880 bits per heavy atom. The first-order valence-electron chi connectivity index (χ1n) is 8.38. The fraction of sp³-hybridized carbons (Fsp3) is 0.368. The lowest BCUT2D eigenvalue weighted by atomic mass is 10.1. The van der Waals surface area contributed by atoms with Crippen LogP contribution in [0.15, 0.2) is 41.3 Å². The molecule has 2 aromatic rings. The summed E-state index contributed by atoms with van der Waals surface area (Å²) >= 11 is 6.11. The van der Waals surface area contributed by atoms with Gasteiger partial charge < -0.3 is 4.90 Å². The summed E-state index contributed by atoms with van der Waals surface area (Å²) in [6.45, 7) is 8.05. The van der Waals surface area contributed by atoms with Gasteiger partial charge in [0, 0.05) is 36.9 Å². The third-order valence-corrected chi connectivity index (χ3v) is 7.22. The summed E-state index contributed by atoms with van der Waals surface area (Å²) in [5, 5.41) is 0.598. The largest absolute Gasteiger partial charge is 0.369 e. The van der Waals surface area contributed by atoms with Crippen LogP contribution in [0.25, 0.3) is 0 Å². The van der Waals surface area contributed by atoms with E-state index < -0.39 is 10.0 Å².